The normalized spacial score (nSPS) is 26.5. The van der Waals surface area contributed by atoms with Crippen LogP contribution < -0.4 is 0 Å². The van der Waals surface area contributed by atoms with Crippen molar-refractivity contribution in [3.63, 3.8) is 0 Å². The lowest BCUT2D eigenvalue weighted by atomic mass is 9.69. The van der Waals surface area contributed by atoms with E-state index in [0.717, 1.165) is 24.7 Å². The second-order valence-electron chi connectivity index (χ2n) is 5.22. The van der Waals surface area contributed by atoms with Crippen molar-refractivity contribution in [2.24, 2.45) is 17.8 Å². The largest absolute Gasteiger partial charge is 0.343 e. The predicted octanol–water partition coefficient (Wildman–Crippen LogP) is 2.54. The lowest BCUT2D eigenvalue weighted by Gasteiger charge is -2.39. The highest BCUT2D eigenvalue weighted by Gasteiger charge is 2.37. The van der Waals surface area contributed by atoms with E-state index in [9.17, 15) is 4.79 Å². The minimum absolute atomic E-state index is 0.315. The first-order valence-electron chi connectivity index (χ1n) is 5.70. The molecule has 1 rings (SSSR count). The summed E-state index contributed by atoms with van der Waals surface area (Å²) in [6, 6.07) is 0.334. The third kappa shape index (κ3) is 2.28. The molecule has 1 aliphatic carbocycles. The summed E-state index contributed by atoms with van der Waals surface area (Å²) in [5.74, 6) is 2.18. The van der Waals surface area contributed by atoms with Crippen molar-refractivity contribution < 1.29 is 4.79 Å². The SMILES string of the molecule is CC(C)C1CC(C(=O)N(C)C(C)C)C1. The molecule has 0 N–H and O–H groups in total. The molecule has 1 saturated carbocycles. The summed E-state index contributed by atoms with van der Waals surface area (Å²) >= 11 is 0. The quantitative estimate of drug-likeness (QED) is 0.681. The van der Waals surface area contributed by atoms with Crippen LogP contribution in [0.3, 0.4) is 0 Å². The average Bonchev–Trinajstić information content (AvgIpc) is 1.98. The van der Waals surface area contributed by atoms with E-state index in [1.54, 1.807) is 0 Å². The molecule has 0 heterocycles. The summed E-state index contributed by atoms with van der Waals surface area (Å²) in [5.41, 5.74) is 0. The fourth-order valence-electron chi connectivity index (χ4n) is 1.95. The maximum Gasteiger partial charge on any atom is 0.225 e. The van der Waals surface area contributed by atoms with Crippen LogP contribution in [0.4, 0.5) is 0 Å². The van der Waals surface area contributed by atoms with Gasteiger partial charge in [-0.3, -0.25) is 4.79 Å². The first-order chi connectivity index (χ1) is 6.43. The molecule has 2 heteroatoms. The lowest BCUT2D eigenvalue weighted by Crippen LogP contribution is -2.43. The monoisotopic (exact) mass is 197 g/mol. The first-order valence-corrected chi connectivity index (χ1v) is 5.70. The Labute approximate surface area is 87.7 Å². The van der Waals surface area contributed by atoms with Crippen molar-refractivity contribution in [1.29, 1.82) is 0 Å². The molecule has 0 aliphatic heterocycles. The van der Waals surface area contributed by atoms with Crippen LogP contribution in [0.1, 0.15) is 40.5 Å². The van der Waals surface area contributed by atoms with Crippen molar-refractivity contribution in [2.45, 2.75) is 46.6 Å². The van der Waals surface area contributed by atoms with Gasteiger partial charge in [0.15, 0.2) is 0 Å². The van der Waals surface area contributed by atoms with E-state index < -0.39 is 0 Å². The van der Waals surface area contributed by atoms with E-state index in [2.05, 4.69) is 27.7 Å². The molecular formula is C12H23NO. The summed E-state index contributed by atoms with van der Waals surface area (Å²) in [5, 5.41) is 0. The van der Waals surface area contributed by atoms with E-state index in [0.29, 0.717) is 17.9 Å². The maximum absolute atomic E-state index is 11.9. The van der Waals surface area contributed by atoms with Crippen molar-refractivity contribution in [3.05, 3.63) is 0 Å². The molecule has 0 atom stereocenters. The van der Waals surface area contributed by atoms with Gasteiger partial charge in [-0.05, 0) is 38.5 Å². The van der Waals surface area contributed by atoms with Gasteiger partial charge in [-0.2, -0.15) is 0 Å². The van der Waals surface area contributed by atoms with Gasteiger partial charge in [-0.25, -0.2) is 0 Å². The molecule has 1 amide bonds. The molecule has 0 aromatic carbocycles. The van der Waals surface area contributed by atoms with Crippen molar-refractivity contribution in [1.82, 2.24) is 4.90 Å². The fourth-order valence-corrected chi connectivity index (χ4v) is 1.95. The maximum atomic E-state index is 11.9. The highest BCUT2D eigenvalue weighted by molar-refractivity contribution is 5.79. The van der Waals surface area contributed by atoms with Gasteiger partial charge in [0, 0.05) is 19.0 Å². The molecule has 0 radical (unpaired) electrons. The Morgan fingerprint density at radius 1 is 1.21 bits per heavy atom. The van der Waals surface area contributed by atoms with Crippen molar-refractivity contribution in [3.8, 4) is 0 Å². The molecule has 0 saturated heterocycles. The Morgan fingerprint density at radius 3 is 2.07 bits per heavy atom. The second kappa shape index (κ2) is 4.33. The van der Waals surface area contributed by atoms with Crippen LogP contribution in [0.2, 0.25) is 0 Å². The molecule has 82 valence electrons. The van der Waals surface area contributed by atoms with Gasteiger partial charge in [0.25, 0.3) is 0 Å². The Balaban J connectivity index is 2.36. The highest BCUT2D eigenvalue weighted by atomic mass is 16.2. The van der Waals surface area contributed by atoms with Crippen LogP contribution in [0.15, 0.2) is 0 Å². The zero-order valence-corrected chi connectivity index (χ0v) is 10.1. The topological polar surface area (TPSA) is 20.3 Å². The Kier molecular flexibility index (Phi) is 3.57. The van der Waals surface area contributed by atoms with Crippen LogP contribution in [-0.4, -0.2) is 23.9 Å². The second-order valence-corrected chi connectivity index (χ2v) is 5.22. The molecular weight excluding hydrogens is 174 g/mol. The summed E-state index contributed by atoms with van der Waals surface area (Å²) in [6.45, 7) is 8.63. The van der Waals surface area contributed by atoms with Crippen LogP contribution in [0.25, 0.3) is 0 Å². The number of hydrogen-bond donors (Lipinski definition) is 0. The molecule has 14 heavy (non-hydrogen) atoms. The molecule has 2 nitrogen and oxygen atoms in total. The van der Waals surface area contributed by atoms with E-state index in [-0.39, 0.29) is 0 Å². The number of carbonyl (C=O) groups excluding carboxylic acids is 1. The zero-order chi connectivity index (χ0) is 10.9. The first kappa shape index (κ1) is 11.5. The Bertz CT molecular complexity index is 204. The third-order valence-electron chi connectivity index (χ3n) is 3.59. The summed E-state index contributed by atoms with van der Waals surface area (Å²) in [4.78, 5) is 13.7. The Hall–Kier alpha value is -0.530. The smallest absolute Gasteiger partial charge is 0.225 e. The van der Waals surface area contributed by atoms with Gasteiger partial charge in [-0.15, -0.1) is 0 Å². The summed E-state index contributed by atoms with van der Waals surface area (Å²) < 4.78 is 0. The molecule has 0 spiro atoms. The zero-order valence-electron chi connectivity index (χ0n) is 10.1. The van der Waals surface area contributed by atoms with Gasteiger partial charge in [-0.1, -0.05) is 13.8 Å². The summed E-state index contributed by atoms with van der Waals surface area (Å²) in [6.07, 6.45) is 2.21. The number of carbonyl (C=O) groups is 1. The molecule has 0 bridgehead atoms. The van der Waals surface area contributed by atoms with Crippen LogP contribution in [0, 0.1) is 17.8 Å². The summed E-state index contributed by atoms with van der Waals surface area (Å²) in [7, 11) is 1.91. The van der Waals surface area contributed by atoms with Gasteiger partial charge in [0.1, 0.15) is 0 Å². The number of amides is 1. The fraction of sp³-hybridized carbons (Fsp3) is 0.917. The third-order valence-corrected chi connectivity index (χ3v) is 3.59. The van der Waals surface area contributed by atoms with Gasteiger partial charge in [0.05, 0.1) is 0 Å². The number of hydrogen-bond acceptors (Lipinski definition) is 1. The molecule has 0 unspecified atom stereocenters. The van der Waals surface area contributed by atoms with Crippen LogP contribution in [-0.2, 0) is 4.79 Å². The standard InChI is InChI=1S/C12H23NO/c1-8(2)10-6-11(7-10)12(14)13(5)9(3)4/h8-11H,6-7H2,1-5H3. The molecule has 1 fully saturated rings. The minimum atomic E-state index is 0.315. The van der Waals surface area contributed by atoms with Gasteiger partial charge < -0.3 is 4.90 Å². The van der Waals surface area contributed by atoms with E-state index >= 15 is 0 Å². The molecule has 0 aromatic heterocycles. The van der Waals surface area contributed by atoms with Crippen molar-refractivity contribution in [2.75, 3.05) is 7.05 Å². The van der Waals surface area contributed by atoms with Crippen molar-refractivity contribution >= 4 is 5.91 Å². The highest BCUT2D eigenvalue weighted by Crippen LogP contribution is 2.39. The van der Waals surface area contributed by atoms with E-state index in [1.807, 2.05) is 11.9 Å². The molecule has 0 aromatic rings. The predicted molar refractivity (Wildman–Crippen MR) is 59.0 cm³/mol. The van der Waals surface area contributed by atoms with Gasteiger partial charge >= 0.3 is 0 Å². The Morgan fingerprint density at radius 2 is 1.71 bits per heavy atom. The molecule has 1 aliphatic rings. The average molecular weight is 197 g/mol. The van der Waals surface area contributed by atoms with E-state index in [4.69, 9.17) is 0 Å². The number of nitrogens with zero attached hydrogens (tertiary/aromatic N) is 1. The lowest BCUT2D eigenvalue weighted by molar-refractivity contribution is -0.140. The van der Waals surface area contributed by atoms with E-state index in [1.165, 1.54) is 0 Å². The minimum Gasteiger partial charge on any atom is -0.343 e. The van der Waals surface area contributed by atoms with Gasteiger partial charge in [0.2, 0.25) is 5.91 Å². The number of rotatable bonds is 3. The van der Waals surface area contributed by atoms with Crippen LogP contribution in [0.5, 0.6) is 0 Å². The van der Waals surface area contributed by atoms with Crippen LogP contribution >= 0.6 is 0 Å².